The number of nitrogens with one attached hydrogen (secondary N) is 3. The van der Waals surface area contributed by atoms with Gasteiger partial charge in [0.1, 0.15) is 23.5 Å². The van der Waals surface area contributed by atoms with E-state index in [1.54, 1.807) is 6.20 Å². The van der Waals surface area contributed by atoms with Crippen molar-refractivity contribution in [2.75, 3.05) is 12.4 Å². The van der Waals surface area contributed by atoms with E-state index < -0.39 is 41.7 Å². The van der Waals surface area contributed by atoms with Gasteiger partial charge in [-0.05, 0) is 17.5 Å². The van der Waals surface area contributed by atoms with Crippen LogP contribution in [-0.2, 0) is 9.57 Å². The Morgan fingerprint density at radius 1 is 1.26 bits per heavy atom. The second-order valence-electron chi connectivity index (χ2n) is 7.50. The van der Waals surface area contributed by atoms with E-state index >= 15 is 0 Å². The molecule has 0 aliphatic carbocycles. The summed E-state index contributed by atoms with van der Waals surface area (Å²) in [6, 6.07) is 1.53. The largest absolute Gasteiger partial charge is 0.446 e. The first-order chi connectivity index (χ1) is 16.2. The minimum absolute atomic E-state index is 0.126. The Hall–Kier alpha value is -3.94. The number of hydrogen-bond donors (Lipinski definition) is 3. The molecule has 4 rings (SSSR count). The second-order valence-corrected chi connectivity index (χ2v) is 7.50. The number of carbonyl (C=O) groups is 1. The average molecular weight is 481 g/mol. The zero-order chi connectivity index (χ0) is 24.6. The number of anilines is 2. The summed E-state index contributed by atoms with van der Waals surface area (Å²) >= 11 is 0. The molecule has 1 atom stereocenters. The van der Waals surface area contributed by atoms with Crippen molar-refractivity contribution in [3.05, 3.63) is 53.0 Å². The van der Waals surface area contributed by atoms with Crippen molar-refractivity contribution in [2.24, 2.45) is 5.10 Å². The van der Waals surface area contributed by atoms with E-state index in [-0.39, 0.29) is 17.4 Å². The summed E-state index contributed by atoms with van der Waals surface area (Å²) in [6.07, 6.45) is -1.15. The van der Waals surface area contributed by atoms with Gasteiger partial charge in [0.25, 0.3) is 11.8 Å². The van der Waals surface area contributed by atoms with Gasteiger partial charge in [0.15, 0.2) is 5.82 Å². The van der Waals surface area contributed by atoms with Crippen LogP contribution in [0.2, 0.25) is 0 Å². The molecule has 1 amide bonds. The summed E-state index contributed by atoms with van der Waals surface area (Å²) in [4.78, 5) is 20.7. The molecule has 0 saturated heterocycles. The Labute approximate surface area is 189 Å². The molecule has 34 heavy (non-hydrogen) atoms. The van der Waals surface area contributed by atoms with E-state index in [0.29, 0.717) is 22.7 Å². The smallest absolute Gasteiger partial charge is 0.314 e. The molecule has 1 aliphatic heterocycles. The molecular formula is C20H19F4N7O3. The van der Waals surface area contributed by atoms with Crippen molar-refractivity contribution < 1.29 is 31.9 Å². The molecule has 1 aliphatic rings. The van der Waals surface area contributed by atoms with Gasteiger partial charge >= 0.3 is 6.43 Å². The Morgan fingerprint density at radius 3 is 2.68 bits per heavy atom. The molecule has 2 aromatic heterocycles. The van der Waals surface area contributed by atoms with Gasteiger partial charge in [-0.15, -0.1) is 5.10 Å². The number of hydrazone groups is 1. The fraction of sp³-hybridized carbons (Fsp3) is 0.300. The number of fused-ring (bicyclic) bond motifs is 1. The van der Waals surface area contributed by atoms with Crippen LogP contribution in [0.25, 0.3) is 5.52 Å². The highest BCUT2D eigenvalue weighted by molar-refractivity contribution is 5.95. The Bertz CT molecular complexity index is 1280. The summed E-state index contributed by atoms with van der Waals surface area (Å²) in [5.41, 5.74) is 5.28. The fourth-order valence-corrected chi connectivity index (χ4v) is 3.58. The van der Waals surface area contributed by atoms with Crippen LogP contribution < -0.4 is 16.2 Å². The molecule has 3 aromatic rings. The topological polar surface area (TPSA) is 114 Å². The molecule has 0 saturated carbocycles. The van der Waals surface area contributed by atoms with Crippen LogP contribution >= 0.6 is 0 Å². The molecule has 0 radical (unpaired) electrons. The van der Waals surface area contributed by atoms with Gasteiger partial charge in [-0.25, -0.2) is 23.8 Å². The van der Waals surface area contributed by atoms with Gasteiger partial charge in [0, 0.05) is 17.8 Å². The van der Waals surface area contributed by atoms with E-state index in [2.05, 4.69) is 30.8 Å². The zero-order valence-electron chi connectivity index (χ0n) is 18.1. The van der Waals surface area contributed by atoms with Crippen LogP contribution in [0.3, 0.4) is 0 Å². The van der Waals surface area contributed by atoms with Crippen LogP contribution in [-0.4, -0.2) is 39.9 Å². The lowest BCUT2D eigenvalue weighted by atomic mass is 9.99. The first kappa shape index (κ1) is 23.2. The lowest BCUT2D eigenvalue weighted by Gasteiger charge is -2.15. The maximum Gasteiger partial charge on any atom is 0.314 e. The predicted molar refractivity (Wildman–Crippen MR) is 112 cm³/mol. The highest BCUT2D eigenvalue weighted by atomic mass is 19.3. The lowest BCUT2D eigenvalue weighted by Crippen LogP contribution is -2.23. The molecule has 3 heterocycles. The summed E-state index contributed by atoms with van der Waals surface area (Å²) in [6.45, 7) is 3.70. The SMILES string of the molecule is CONC(=O)c1cc(Nc2ncnn3cc(C4NN=C(C(F)F)O4)c(C(C)C)c23)c(F)cc1F. The third-order valence-electron chi connectivity index (χ3n) is 4.97. The van der Waals surface area contributed by atoms with Gasteiger partial charge < -0.3 is 10.1 Å². The number of benzene rings is 1. The standard InChI is InChI=1S/C20H19F4N7O3/c1-8(2)14-10(19-28-29-20(34-19)16(23)24)6-31-15(14)17(25-7-26-31)27-13-4-9(18(32)30-33-3)11(21)5-12(13)22/h4-8,16,19,28H,1-3H3,(H,30,32)(H,25,26,27). The third kappa shape index (κ3) is 4.19. The molecule has 180 valence electrons. The van der Waals surface area contributed by atoms with Crippen molar-refractivity contribution in [2.45, 2.75) is 32.4 Å². The highest BCUT2D eigenvalue weighted by Gasteiger charge is 2.32. The van der Waals surface area contributed by atoms with E-state index in [4.69, 9.17) is 4.74 Å². The van der Waals surface area contributed by atoms with Crippen molar-refractivity contribution >= 4 is 28.8 Å². The molecule has 3 N–H and O–H groups in total. The van der Waals surface area contributed by atoms with E-state index in [1.807, 2.05) is 19.3 Å². The second kappa shape index (κ2) is 9.13. The monoisotopic (exact) mass is 481 g/mol. The number of hydrogen-bond acceptors (Lipinski definition) is 8. The predicted octanol–water partition coefficient (Wildman–Crippen LogP) is 3.36. The Kier molecular flexibility index (Phi) is 6.24. The normalized spacial score (nSPS) is 15.4. The molecule has 1 aromatic carbocycles. The van der Waals surface area contributed by atoms with Crippen molar-refractivity contribution in [3.63, 3.8) is 0 Å². The maximum absolute atomic E-state index is 14.6. The molecule has 10 nitrogen and oxygen atoms in total. The first-order valence-electron chi connectivity index (χ1n) is 9.94. The summed E-state index contributed by atoms with van der Waals surface area (Å²) in [7, 11) is 1.17. The molecular weight excluding hydrogens is 462 g/mol. The van der Waals surface area contributed by atoms with Crippen molar-refractivity contribution in [3.8, 4) is 0 Å². The van der Waals surface area contributed by atoms with Crippen LogP contribution in [0.15, 0.2) is 29.8 Å². The van der Waals surface area contributed by atoms with Gasteiger partial charge in [0.05, 0.1) is 18.4 Å². The van der Waals surface area contributed by atoms with Gasteiger partial charge in [-0.3, -0.25) is 15.1 Å². The molecule has 0 fully saturated rings. The number of alkyl halides is 2. The number of nitrogens with zero attached hydrogens (tertiary/aromatic N) is 4. The molecule has 0 bridgehead atoms. The minimum atomic E-state index is -2.89. The lowest BCUT2D eigenvalue weighted by molar-refractivity contribution is 0.0533. The molecule has 14 heteroatoms. The first-order valence-corrected chi connectivity index (χ1v) is 9.94. The van der Waals surface area contributed by atoms with Crippen molar-refractivity contribution in [1.82, 2.24) is 25.5 Å². The summed E-state index contributed by atoms with van der Waals surface area (Å²) in [5, 5.41) is 10.4. The van der Waals surface area contributed by atoms with Crippen LogP contribution in [0.5, 0.6) is 0 Å². The fourth-order valence-electron chi connectivity index (χ4n) is 3.58. The Morgan fingerprint density at radius 2 is 2.03 bits per heavy atom. The van der Waals surface area contributed by atoms with Crippen LogP contribution in [0.4, 0.5) is 29.1 Å². The van der Waals surface area contributed by atoms with E-state index in [1.165, 1.54) is 18.0 Å². The minimum Gasteiger partial charge on any atom is -0.446 e. The van der Waals surface area contributed by atoms with Gasteiger partial charge in [-0.1, -0.05) is 13.8 Å². The molecule has 1 unspecified atom stereocenters. The van der Waals surface area contributed by atoms with Crippen molar-refractivity contribution in [1.29, 1.82) is 0 Å². The number of carbonyl (C=O) groups excluding carboxylic acids is 1. The van der Waals surface area contributed by atoms with Gasteiger partial charge in [-0.2, -0.15) is 13.9 Å². The van der Waals surface area contributed by atoms with Crippen LogP contribution in [0, 0.1) is 11.6 Å². The Balaban J connectivity index is 1.77. The van der Waals surface area contributed by atoms with E-state index in [9.17, 15) is 22.4 Å². The number of aromatic nitrogens is 3. The third-order valence-corrected chi connectivity index (χ3v) is 4.97. The number of ether oxygens (including phenoxy) is 1. The zero-order valence-corrected chi connectivity index (χ0v) is 18.1. The number of hydroxylamine groups is 1. The average Bonchev–Trinajstić information content (AvgIpc) is 3.41. The van der Waals surface area contributed by atoms with Crippen LogP contribution in [0.1, 0.15) is 47.5 Å². The van der Waals surface area contributed by atoms with E-state index in [0.717, 1.165) is 6.07 Å². The quantitative estimate of drug-likeness (QED) is 0.350. The number of halogens is 4. The number of rotatable bonds is 7. The van der Waals surface area contributed by atoms with Gasteiger partial charge in [0.2, 0.25) is 6.23 Å². The number of amides is 1. The summed E-state index contributed by atoms with van der Waals surface area (Å²) < 4.78 is 61.3. The maximum atomic E-state index is 14.6. The molecule has 0 spiro atoms. The summed E-state index contributed by atoms with van der Waals surface area (Å²) in [5.74, 6) is -3.76. The highest BCUT2D eigenvalue weighted by Crippen LogP contribution is 2.36.